The van der Waals surface area contributed by atoms with E-state index in [2.05, 4.69) is 15.5 Å². The van der Waals surface area contributed by atoms with Gasteiger partial charge in [-0.2, -0.15) is 4.98 Å². The van der Waals surface area contributed by atoms with Crippen LogP contribution in [0, 0.1) is 6.92 Å². The topological polar surface area (TPSA) is 68.0 Å². The summed E-state index contributed by atoms with van der Waals surface area (Å²) in [5.41, 5.74) is 1.13. The highest BCUT2D eigenvalue weighted by Crippen LogP contribution is 2.32. The predicted octanol–water partition coefficient (Wildman–Crippen LogP) is 2.53. The lowest BCUT2D eigenvalue weighted by Crippen LogP contribution is -2.31. The molecule has 0 aliphatic heterocycles. The third kappa shape index (κ3) is 4.32. The Kier molecular flexibility index (Phi) is 5.38. The maximum absolute atomic E-state index is 12.1. The molecule has 0 aliphatic rings. The van der Waals surface area contributed by atoms with Gasteiger partial charge >= 0.3 is 0 Å². The Bertz CT molecular complexity index is 586. The van der Waals surface area contributed by atoms with Crippen LogP contribution in [0.15, 0.2) is 34.9 Å². The monoisotopic (exact) mass is 305 g/mol. The van der Waals surface area contributed by atoms with Crippen LogP contribution >= 0.6 is 11.8 Å². The molecule has 0 bridgehead atoms. The van der Waals surface area contributed by atoms with Crippen LogP contribution in [0.4, 0.5) is 0 Å². The van der Waals surface area contributed by atoms with Crippen LogP contribution in [0.3, 0.4) is 0 Å². The van der Waals surface area contributed by atoms with Crippen LogP contribution < -0.4 is 5.32 Å². The average molecular weight is 305 g/mol. The van der Waals surface area contributed by atoms with Gasteiger partial charge in [0.05, 0.1) is 10.5 Å². The summed E-state index contributed by atoms with van der Waals surface area (Å²) in [6.45, 7) is 3.75. The molecule has 0 aliphatic carbocycles. The zero-order valence-electron chi connectivity index (χ0n) is 12.4. The molecule has 0 saturated heterocycles. The van der Waals surface area contributed by atoms with E-state index >= 15 is 0 Å². The molecule has 2 rings (SSSR count). The number of carbonyl (C=O) groups excluding carboxylic acids is 1. The van der Waals surface area contributed by atoms with E-state index in [4.69, 9.17) is 4.52 Å². The van der Waals surface area contributed by atoms with Gasteiger partial charge < -0.3 is 9.84 Å². The van der Waals surface area contributed by atoms with Crippen molar-refractivity contribution in [2.24, 2.45) is 0 Å². The summed E-state index contributed by atoms with van der Waals surface area (Å²) in [5.74, 6) is 1.17. The number of carbonyl (C=O) groups is 1. The zero-order valence-corrected chi connectivity index (χ0v) is 13.2. The van der Waals surface area contributed by atoms with E-state index in [9.17, 15) is 4.79 Å². The Hall–Kier alpha value is -1.82. The van der Waals surface area contributed by atoms with Crippen LogP contribution in [0.2, 0.25) is 0 Å². The summed E-state index contributed by atoms with van der Waals surface area (Å²) in [6.07, 6.45) is 0.669. The first-order chi connectivity index (χ1) is 10.1. The van der Waals surface area contributed by atoms with Crippen LogP contribution in [-0.4, -0.2) is 28.3 Å². The van der Waals surface area contributed by atoms with Crippen molar-refractivity contribution in [2.45, 2.75) is 30.8 Å². The van der Waals surface area contributed by atoms with E-state index in [-0.39, 0.29) is 16.4 Å². The molecular weight excluding hydrogens is 286 g/mol. The first-order valence-electron chi connectivity index (χ1n) is 6.81. The molecule has 1 aromatic heterocycles. The van der Waals surface area contributed by atoms with Gasteiger partial charge in [0.15, 0.2) is 5.82 Å². The lowest BCUT2D eigenvalue weighted by atomic mass is 10.1. The molecule has 6 heteroatoms. The number of hydrogen-bond acceptors (Lipinski definition) is 5. The summed E-state index contributed by atoms with van der Waals surface area (Å²) in [6, 6.07) is 9.98. The first kappa shape index (κ1) is 15.6. The van der Waals surface area contributed by atoms with Crippen molar-refractivity contribution in [3.8, 4) is 0 Å². The normalized spacial score (nSPS) is 13.7. The number of hydrogen-bond donors (Lipinski definition) is 1. The van der Waals surface area contributed by atoms with Gasteiger partial charge in [-0.15, -0.1) is 11.8 Å². The van der Waals surface area contributed by atoms with Crippen molar-refractivity contribution in [2.75, 3.05) is 7.05 Å². The van der Waals surface area contributed by atoms with E-state index < -0.39 is 0 Å². The van der Waals surface area contributed by atoms with Crippen molar-refractivity contribution in [3.63, 3.8) is 0 Å². The Morgan fingerprint density at radius 3 is 2.67 bits per heavy atom. The van der Waals surface area contributed by atoms with Crippen molar-refractivity contribution >= 4 is 17.7 Å². The second-order valence-electron chi connectivity index (χ2n) is 4.75. The third-order valence-corrected chi connectivity index (χ3v) is 4.38. The lowest BCUT2D eigenvalue weighted by Gasteiger charge is -2.17. The second kappa shape index (κ2) is 7.26. The van der Waals surface area contributed by atoms with Crippen LogP contribution in [-0.2, 0) is 11.2 Å². The number of thioether (sulfide) groups is 1. The molecule has 1 aromatic carbocycles. The van der Waals surface area contributed by atoms with E-state index in [1.165, 1.54) is 11.8 Å². The van der Waals surface area contributed by atoms with Gasteiger partial charge in [-0.25, -0.2) is 0 Å². The summed E-state index contributed by atoms with van der Waals surface area (Å²) in [4.78, 5) is 16.3. The van der Waals surface area contributed by atoms with E-state index in [0.717, 1.165) is 5.56 Å². The van der Waals surface area contributed by atoms with Crippen molar-refractivity contribution in [3.05, 3.63) is 47.6 Å². The molecule has 1 N–H and O–H groups in total. The maximum atomic E-state index is 12.1. The fourth-order valence-electron chi connectivity index (χ4n) is 1.97. The Labute approximate surface area is 128 Å². The third-order valence-electron chi connectivity index (χ3n) is 3.06. The highest BCUT2D eigenvalue weighted by atomic mass is 32.2. The molecule has 2 aromatic rings. The summed E-state index contributed by atoms with van der Waals surface area (Å²) >= 11 is 1.53. The van der Waals surface area contributed by atoms with E-state index in [1.807, 2.05) is 37.3 Å². The summed E-state index contributed by atoms with van der Waals surface area (Å²) < 4.78 is 5.18. The molecular formula is C15H19N3O2S. The number of rotatable bonds is 6. The Morgan fingerprint density at radius 1 is 1.38 bits per heavy atom. The minimum atomic E-state index is -0.195. The molecule has 1 heterocycles. The fourth-order valence-corrected chi connectivity index (χ4v) is 3.21. The van der Waals surface area contributed by atoms with Gasteiger partial charge in [-0.05, 0) is 25.8 Å². The molecule has 112 valence electrons. The highest BCUT2D eigenvalue weighted by Gasteiger charge is 2.24. The number of benzene rings is 1. The van der Waals surface area contributed by atoms with Gasteiger partial charge in [0.25, 0.3) is 0 Å². The molecule has 0 spiro atoms. The molecule has 5 nitrogen and oxygen atoms in total. The van der Waals surface area contributed by atoms with Gasteiger partial charge in [-0.3, -0.25) is 4.79 Å². The largest absolute Gasteiger partial charge is 0.358 e. The number of aryl methyl sites for hydroxylation is 1. The first-order valence-corrected chi connectivity index (χ1v) is 7.75. The summed E-state index contributed by atoms with van der Waals surface area (Å²) in [5, 5.41) is 6.29. The lowest BCUT2D eigenvalue weighted by molar-refractivity contribution is -0.120. The smallest absolute Gasteiger partial charge is 0.239 e. The Morgan fingerprint density at radius 2 is 2.10 bits per heavy atom. The molecule has 21 heavy (non-hydrogen) atoms. The minimum absolute atomic E-state index is 0.00643. The molecule has 0 unspecified atom stereocenters. The number of nitrogens with one attached hydrogen (secondary N) is 1. The second-order valence-corrected chi connectivity index (χ2v) is 6.30. The van der Waals surface area contributed by atoms with Crippen LogP contribution in [0.25, 0.3) is 0 Å². The van der Waals surface area contributed by atoms with Crippen molar-refractivity contribution in [1.29, 1.82) is 0 Å². The highest BCUT2D eigenvalue weighted by molar-refractivity contribution is 8.00. The zero-order chi connectivity index (χ0) is 15.2. The van der Waals surface area contributed by atoms with Gasteiger partial charge in [0.1, 0.15) is 0 Å². The SMILES string of the molecule is CNC(=O)[C@@H](Cc1ccccc1)S[C@H](C)c1nc(C)no1. The van der Waals surface area contributed by atoms with Gasteiger partial charge in [0.2, 0.25) is 11.8 Å². The number of amides is 1. The maximum Gasteiger partial charge on any atom is 0.239 e. The van der Waals surface area contributed by atoms with E-state index in [1.54, 1.807) is 14.0 Å². The standard InChI is InChI=1S/C15H19N3O2S/c1-10(15-17-11(2)18-20-15)21-13(14(19)16-3)9-12-7-5-4-6-8-12/h4-8,10,13H,9H2,1-3H3,(H,16,19)/t10-,13-/m1/s1. The molecule has 0 radical (unpaired) electrons. The van der Waals surface area contributed by atoms with Crippen molar-refractivity contribution < 1.29 is 9.32 Å². The fraction of sp³-hybridized carbons (Fsp3) is 0.400. The number of nitrogens with zero attached hydrogens (tertiary/aromatic N) is 2. The Balaban J connectivity index is 2.07. The van der Waals surface area contributed by atoms with Crippen LogP contribution in [0.1, 0.15) is 29.5 Å². The van der Waals surface area contributed by atoms with Crippen molar-refractivity contribution in [1.82, 2.24) is 15.5 Å². The predicted molar refractivity (Wildman–Crippen MR) is 83.0 cm³/mol. The van der Waals surface area contributed by atoms with E-state index in [0.29, 0.717) is 18.1 Å². The van der Waals surface area contributed by atoms with Gasteiger partial charge in [-0.1, -0.05) is 35.5 Å². The quantitative estimate of drug-likeness (QED) is 0.888. The van der Waals surface area contributed by atoms with Crippen LogP contribution in [0.5, 0.6) is 0 Å². The summed E-state index contributed by atoms with van der Waals surface area (Å²) in [7, 11) is 1.66. The average Bonchev–Trinajstić information content (AvgIpc) is 2.93. The molecule has 0 saturated carbocycles. The molecule has 2 atom stereocenters. The molecule has 1 amide bonds. The molecule has 0 fully saturated rings. The number of aromatic nitrogens is 2. The minimum Gasteiger partial charge on any atom is -0.358 e. The van der Waals surface area contributed by atoms with Gasteiger partial charge in [0, 0.05) is 7.05 Å².